The monoisotopic (exact) mass is 461 g/mol. The highest BCUT2D eigenvalue weighted by Crippen LogP contribution is 2.14. The van der Waals surface area contributed by atoms with Crippen LogP contribution in [0.3, 0.4) is 0 Å². The van der Waals surface area contributed by atoms with Crippen LogP contribution in [-0.2, 0) is 9.53 Å². The molecule has 0 atom stereocenters. The molecule has 2 saturated heterocycles. The van der Waals surface area contributed by atoms with E-state index in [1.807, 2.05) is 17.0 Å². The predicted octanol–water partition coefficient (Wildman–Crippen LogP) is 1.00. The van der Waals surface area contributed by atoms with Crippen molar-refractivity contribution in [2.45, 2.75) is 0 Å². The number of rotatable bonds is 4. The minimum atomic E-state index is -0.150. The first kappa shape index (κ1) is 22.2. The average molecular weight is 462 g/mol. The molecule has 34 heavy (non-hydrogen) atoms. The number of ether oxygens (including phenoxy) is 1. The van der Waals surface area contributed by atoms with E-state index in [2.05, 4.69) is 9.88 Å². The van der Waals surface area contributed by atoms with E-state index in [9.17, 15) is 14.4 Å². The van der Waals surface area contributed by atoms with Crippen LogP contribution in [0.25, 0.3) is 16.6 Å². The summed E-state index contributed by atoms with van der Waals surface area (Å²) in [5.41, 5.74) is 1.71. The van der Waals surface area contributed by atoms with Crippen molar-refractivity contribution in [3.8, 4) is 5.69 Å². The third-order valence-corrected chi connectivity index (χ3v) is 6.44. The van der Waals surface area contributed by atoms with E-state index in [0.717, 1.165) is 13.1 Å². The van der Waals surface area contributed by atoms with Crippen LogP contribution >= 0.6 is 0 Å². The van der Waals surface area contributed by atoms with Gasteiger partial charge in [-0.15, -0.1) is 0 Å². The van der Waals surface area contributed by atoms with Gasteiger partial charge in [0, 0.05) is 44.8 Å². The van der Waals surface area contributed by atoms with Gasteiger partial charge in [-0.2, -0.15) is 0 Å². The molecular formula is C25H27N5O4. The minimum Gasteiger partial charge on any atom is -0.379 e. The minimum absolute atomic E-state index is 0.0733. The molecule has 2 aliphatic heterocycles. The molecule has 0 aliphatic carbocycles. The molecule has 9 heteroatoms. The fourth-order valence-electron chi connectivity index (χ4n) is 4.41. The van der Waals surface area contributed by atoms with Crippen molar-refractivity contribution >= 4 is 22.7 Å². The summed E-state index contributed by atoms with van der Waals surface area (Å²) in [7, 11) is 0. The molecule has 0 saturated carbocycles. The van der Waals surface area contributed by atoms with E-state index in [4.69, 9.17) is 4.74 Å². The number of carbonyl (C=O) groups is 2. The SMILES string of the molecule is O=C(CN1CCOCC1)N1CCN(C(=O)c2ccc(-n3cnc4ccccc4c3=O)cc2)CC1. The Hall–Kier alpha value is -3.56. The third-order valence-electron chi connectivity index (χ3n) is 6.44. The zero-order valence-electron chi connectivity index (χ0n) is 18.9. The number of piperazine rings is 1. The Kier molecular flexibility index (Phi) is 6.37. The smallest absolute Gasteiger partial charge is 0.265 e. The number of morpholine rings is 1. The first-order valence-electron chi connectivity index (χ1n) is 11.5. The molecule has 0 spiro atoms. The maximum atomic E-state index is 13.0. The summed E-state index contributed by atoms with van der Waals surface area (Å²) < 4.78 is 6.82. The Labute approximate surface area is 197 Å². The zero-order valence-corrected chi connectivity index (χ0v) is 18.9. The maximum Gasteiger partial charge on any atom is 0.265 e. The Balaban J connectivity index is 1.21. The molecule has 0 bridgehead atoms. The number of para-hydroxylation sites is 1. The highest BCUT2D eigenvalue weighted by atomic mass is 16.5. The van der Waals surface area contributed by atoms with Crippen LogP contribution in [0.15, 0.2) is 59.7 Å². The van der Waals surface area contributed by atoms with Gasteiger partial charge >= 0.3 is 0 Å². The summed E-state index contributed by atoms with van der Waals surface area (Å²) in [6.07, 6.45) is 1.51. The number of nitrogens with zero attached hydrogens (tertiary/aromatic N) is 5. The molecule has 176 valence electrons. The third kappa shape index (κ3) is 4.57. The summed E-state index contributed by atoms with van der Waals surface area (Å²) in [6, 6.07) is 14.2. The van der Waals surface area contributed by atoms with E-state index in [-0.39, 0.29) is 17.4 Å². The van der Waals surface area contributed by atoms with E-state index in [1.54, 1.807) is 41.3 Å². The molecular weight excluding hydrogens is 434 g/mol. The molecule has 9 nitrogen and oxygen atoms in total. The highest BCUT2D eigenvalue weighted by Gasteiger charge is 2.26. The van der Waals surface area contributed by atoms with Gasteiger partial charge in [0.15, 0.2) is 0 Å². The molecule has 0 radical (unpaired) electrons. The lowest BCUT2D eigenvalue weighted by molar-refractivity contribution is -0.134. The molecule has 2 aromatic carbocycles. The van der Waals surface area contributed by atoms with Crippen LogP contribution in [-0.4, -0.2) is 95.1 Å². The number of carbonyl (C=O) groups excluding carboxylic acids is 2. The van der Waals surface area contributed by atoms with Gasteiger partial charge in [0.2, 0.25) is 5.91 Å². The Morgan fingerprint density at radius 1 is 0.853 bits per heavy atom. The number of hydrogen-bond acceptors (Lipinski definition) is 6. The topological polar surface area (TPSA) is 88.0 Å². The summed E-state index contributed by atoms with van der Waals surface area (Å²) in [4.78, 5) is 48.5. The number of hydrogen-bond donors (Lipinski definition) is 0. The second-order valence-corrected chi connectivity index (χ2v) is 8.55. The number of fused-ring (bicyclic) bond motifs is 1. The number of benzene rings is 2. The summed E-state index contributed by atoms with van der Waals surface area (Å²) >= 11 is 0. The highest BCUT2D eigenvalue weighted by molar-refractivity contribution is 5.94. The van der Waals surface area contributed by atoms with Crippen molar-refractivity contribution in [3.05, 3.63) is 70.8 Å². The standard InChI is InChI=1S/C25H27N5O4/c31-23(17-27-13-15-34-16-14-27)28-9-11-29(12-10-28)24(32)19-5-7-20(8-6-19)30-18-26-22-4-2-1-3-21(22)25(30)33/h1-8,18H,9-17H2. The first-order valence-corrected chi connectivity index (χ1v) is 11.5. The molecule has 1 aromatic heterocycles. The largest absolute Gasteiger partial charge is 0.379 e. The summed E-state index contributed by atoms with van der Waals surface area (Å²) in [5.74, 6) is 0.0311. The van der Waals surface area contributed by atoms with Crippen molar-refractivity contribution in [3.63, 3.8) is 0 Å². The van der Waals surface area contributed by atoms with Crippen LogP contribution in [0.5, 0.6) is 0 Å². The fraction of sp³-hybridized carbons (Fsp3) is 0.360. The zero-order chi connectivity index (χ0) is 23.5. The molecule has 0 unspecified atom stereocenters. The maximum absolute atomic E-state index is 13.0. The normalized spacial score (nSPS) is 17.2. The Morgan fingerprint density at radius 3 is 2.26 bits per heavy atom. The lowest BCUT2D eigenvalue weighted by Gasteiger charge is -2.36. The number of amides is 2. The fourth-order valence-corrected chi connectivity index (χ4v) is 4.41. The summed E-state index contributed by atoms with van der Waals surface area (Å²) in [6.45, 7) is 5.37. The predicted molar refractivity (Wildman–Crippen MR) is 127 cm³/mol. The molecule has 2 fully saturated rings. The van der Waals surface area contributed by atoms with Gasteiger partial charge in [-0.05, 0) is 36.4 Å². The van der Waals surface area contributed by atoms with Crippen LogP contribution in [0.2, 0.25) is 0 Å². The molecule has 3 aromatic rings. The van der Waals surface area contributed by atoms with Crippen LogP contribution < -0.4 is 5.56 Å². The van der Waals surface area contributed by atoms with Crippen molar-refractivity contribution in [2.75, 3.05) is 59.0 Å². The van der Waals surface area contributed by atoms with E-state index < -0.39 is 0 Å². The van der Waals surface area contributed by atoms with Gasteiger partial charge in [0.05, 0.1) is 36.3 Å². The van der Waals surface area contributed by atoms with Crippen molar-refractivity contribution in [1.29, 1.82) is 0 Å². The van der Waals surface area contributed by atoms with Crippen molar-refractivity contribution in [1.82, 2.24) is 24.3 Å². The molecule has 5 rings (SSSR count). The van der Waals surface area contributed by atoms with E-state index >= 15 is 0 Å². The molecule has 2 aliphatic rings. The van der Waals surface area contributed by atoms with Crippen LogP contribution in [0, 0.1) is 0 Å². The molecule has 3 heterocycles. The van der Waals surface area contributed by atoms with Crippen LogP contribution in [0.4, 0.5) is 0 Å². The number of aromatic nitrogens is 2. The second kappa shape index (κ2) is 9.74. The van der Waals surface area contributed by atoms with Gasteiger partial charge in [-0.1, -0.05) is 12.1 Å². The van der Waals surface area contributed by atoms with Gasteiger partial charge in [0.1, 0.15) is 6.33 Å². The average Bonchev–Trinajstić information content (AvgIpc) is 2.89. The van der Waals surface area contributed by atoms with Crippen molar-refractivity contribution < 1.29 is 14.3 Å². The van der Waals surface area contributed by atoms with Crippen molar-refractivity contribution in [2.24, 2.45) is 0 Å². The van der Waals surface area contributed by atoms with E-state index in [1.165, 1.54) is 10.9 Å². The van der Waals surface area contributed by atoms with Gasteiger partial charge in [-0.3, -0.25) is 23.9 Å². The Bertz CT molecular complexity index is 1240. The van der Waals surface area contributed by atoms with Gasteiger partial charge < -0.3 is 14.5 Å². The lowest BCUT2D eigenvalue weighted by Crippen LogP contribution is -2.53. The van der Waals surface area contributed by atoms with Crippen LogP contribution in [0.1, 0.15) is 10.4 Å². The van der Waals surface area contributed by atoms with E-state index in [0.29, 0.717) is 68.1 Å². The van der Waals surface area contributed by atoms with Gasteiger partial charge in [0.25, 0.3) is 11.5 Å². The quantitative estimate of drug-likeness (QED) is 0.576. The summed E-state index contributed by atoms with van der Waals surface area (Å²) in [5, 5.41) is 0.547. The molecule has 2 amide bonds. The Morgan fingerprint density at radius 2 is 1.53 bits per heavy atom. The second-order valence-electron chi connectivity index (χ2n) is 8.55. The molecule has 0 N–H and O–H groups in total. The lowest BCUT2D eigenvalue weighted by atomic mass is 10.1. The first-order chi connectivity index (χ1) is 16.6. The van der Waals surface area contributed by atoms with Gasteiger partial charge in [-0.25, -0.2) is 4.98 Å².